The van der Waals surface area contributed by atoms with Crippen molar-refractivity contribution in [2.45, 2.75) is 24.3 Å². The van der Waals surface area contributed by atoms with Crippen LogP contribution in [0.25, 0.3) is 6.08 Å². The Kier molecular flexibility index (Phi) is 6.71. The molecule has 0 fully saturated rings. The Bertz CT molecular complexity index is 1680. The maximum absolute atomic E-state index is 14.8. The minimum atomic E-state index is -4.41. The molecule has 0 radical (unpaired) electrons. The molecule has 1 aliphatic heterocycles. The predicted octanol–water partition coefficient (Wildman–Crippen LogP) is 6.72. The van der Waals surface area contributed by atoms with Crippen LogP contribution in [0.4, 0.5) is 10.2 Å². The van der Waals surface area contributed by atoms with Gasteiger partial charge in [-0.15, -0.1) is 0 Å². The molecule has 5 rings (SSSR count). The maximum Gasteiger partial charge on any atom is 0.268 e. The molecule has 38 heavy (non-hydrogen) atoms. The summed E-state index contributed by atoms with van der Waals surface area (Å²) in [6.45, 7) is 3.55. The first-order chi connectivity index (χ1) is 18.1. The second-order valence-electron chi connectivity index (χ2n) is 9.33. The molecule has 1 aliphatic rings. The molecular formula is C29H23Cl2FN2O3S. The molecule has 9 heteroatoms. The molecule has 0 atom stereocenters. The quantitative estimate of drug-likeness (QED) is 0.268. The number of nitrogens with zero attached hydrogens (tertiary/aromatic N) is 2. The zero-order valence-corrected chi connectivity index (χ0v) is 22.9. The molecule has 0 saturated heterocycles. The maximum atomic E-state index is 14.8. The van der Waals surface area contributed by atoms with Gasteiger partial charge in [-0.1, -0.05) is 71.2 Å². The van der Waals surface area contributed by atoms with Crippen molar-refractivity contribution in [2.24, 2.45) is 0 Å². The zero-order chi connectivity index (χ0) is 27.2. The molecule has 194 valence electrons. The number of sulfonamides is 1. The van der Waals surface area contributed by atoms with Gasteiger partial charge in [0.25, 0.3) is 15.6 Å². The number of aromatic nitrogens is 1. The van der Waals surface area contributed by atoms with Crippen molar-refractivity contribution >= 4 is 45.1 Å². The van der Waals surface area contributed by atoms with Crippen LogP contribution in [-0.4, -0.2) is 19.5 Å². The SMILES string of the molecule is CC(C)=Cc1ccc2n(c1=O)C(c1ccc(Cl)cc1)(c1ccc(Cl)cc1)CN2S(=O)(=O)c1ccccc1F. The Balaban J connectivity index is 1.90. The molecule has 3 aromatic carbocycles. The van der Waals surface area contributed by atoms with E-state index in [9.17, 15) is 17.6 Å². The highest BCUT2D eigenvalue weighted by Gasteiger charge is 2.50. The fourth-order valence-corrected chi connectivity index (χ4v) is 6.73. The molecule has 0 amide bonds. The smallest absolute Gasteiger partial charge is 0.268 e. The van der Waals surface area contributed by atoms with Crippen LogP contribution in [0.15, 0.2) is 100 Å². The van der Waals surface area contributed by atoms with Gasteiger partial charge in [-0.2, -0.15) is 0 Å². The summed E-state index contributed by atoms with van der Waals surface area (Å²) in [6.07, 6.45) is 1.75. The highest BCUT2D eigenvalue weighted by Crippen LogP contribution is 2.45. The summed E-state index contributed by atoms with van der Waals surface area (Å²) in [5.41, 5.74) is 0.873. The first-order valence-electron chi connectivity index (χ1n) is 11.8. The van der Waals surface area contributed by atoms with Crippen molar-refractivity contribution in [1.29, 1.82) is 0 Å². The summed E-state index contributed by atoms with van der Waals surface area (Å²) in [5.74, 6) is -0.757. The molecule has 0 N–H and O–H groups in total. The highest BCUT2D eigenvalue weighted by atomic mass is 35.5. The van der Waals surface area contributed by atoms with Gasteiger partial charge in [-0.25, -0.2) is 17.1 Å². The molecule has 0 aliphatic carbocycles. The van der Waals surface area contributed by atoms with Crippen molar-refractivity contribution in [3.05, 3.63) is 133 Å². The molecule has 0 bridgehead atoms. The summed E-state index contributed by atoms with van der Waals surface area (Å²) in [7, 11) is -4.41. The first kappa shape index (κ1) is 26.2. The van der Waals surface area contributed by atoms with E-state index in [2.05, 4.69) is 0 Å². The molecule has 0 saturated carbocycles. The van der Waals surface area contributed by atoms with E-state index in [4.69, 9.17) is 23.2 Å². The van der Waals surface area contributed by atoms with Gasteiger partial charge in [0.15, 0.2) is 0 Å². The molecule has 5 nitrogen and oxygen atoms in total. The van der Waals surface area contributed by atoms with E-state index in [1.54, 1.807) is 66.7 Å². The standard InChI is InChI=1S/C29H23Cl2FN2O3S/c1-19(2)17-20-7-16-27-33(38(36,37)26-6-4-3-5-25(26)32)18-29(34(27)28(20)35,21-8-12-23(30)13-9-21)22-10-14-24(31)15-11-22/h3-17H,18H2,1-2H3. The van der Waals surface area contributed by atoms with E-state index in [0.29, 0.717) is 26.7 Å². The number of halogens is 3. The van der Waals surface area contributed by atoms with E-state index >= 15 is 0 Å². The van der Waals surface area contributed by atoms with E-state index < -0.39 is 26.3 Å². The van der Waals surface area contributed by atoms with Gasteiger partial charge in [0.2, 0.25) is 0 Å². The van der Waals surface area contributed by atoms with Gasteiger partial charge in [-0.3, -0.25) is 9.36 Å². The first-order valence-corrected chi connectivity index (χ1v) is 14.0. The minimum Gasteiger partial charge on any atom is -0.277 e. The van der Waals surface area contributed by atoms with Crippen LogP contribution in [0.1, 0.15) is 30.5 Å². The fraction of sp³-hybridized carbons (Fsp3) is 0.138. The lowest BCUT2D eigenvalue weighted by atomic mass is 9.83. The van der Waals surface area contributed by atoms with Crippen LogP contribution in [0.3, 0.4) is 0 Å². The van der Waals surface area contributed by atoms with Crippen molar-refractivity contribution < 1.29 is 12.8 Å². The topological polar surface area (TPSA) is 59.4 Å². The summed E-state index contributed by atoms with van der Waals surface area (Å²) in [5, 5.41) is 0.972. The third-order valence-corrected chi connectivity index (χ3v) is 8.88. The summed E-state index contributed by atoms with van der Waals surface area (Å²) in [4.78, 5) is 13.7. The average Bonchev–Trinajstić information content (AvgIpc) is 3.24. The lowest BCUT2D eigenvalue weighted by molar-refractivity contribution is 0.477. The molecule has 2 heterocycles. The van der Waals surface area contributed by atoms with Gasteiger partial charge in [0.05, 0.1) is 6.54 Å². The normalized spacial score (nSPS) is 14.3. The lowest BCUT2D eigenvalue weighted by Gasteiger charge is -2.33. The average molecular weight is 569 g/mol. The predicted molar refractivity (Wildman–Crippen MR) is 150 cm³/mol. The van der Waals surface area contributed by atoms with Crippen LogP contribution in [-0.2, 0) is 15.6 Å². The van der Waals surface area contributed by atoms with Crippen LogP contribution in [0.5, 0.6) is 0 Å². The molecule has 0 unspecified atom stereocenters. The van der Waals surface area contributed by atoms with E-state index in [0.717, 1.165) is 15.9 Å². The Morgan fingerprint density at radius 1 is 0.868 bits per heavy atom. The third kappa shape index (κ3) is 4.25. The second kappa shape index (κ2) is 9.73. The van der Waals surface area contributed by atoms with Gasteiger partial charge in [0.1, 0.15) is 22.1 Å². The molecule has 4 aromatic rings. The number of hydrogen-bond donors (Lipinski definition) is 0. The number of hydrogen-bond acceptors (Lipinski definition) is 3. The van der Waals surface area contributed by atoms with Crippen LogP contribution < -0.4 is 9.86 Å². The van der Waals surface area contributed by atoms with Crippen LogP contribution in [0.2, 0.25) is 10.0 Å². The number of pyridine rings is 1. The number of allylic oxidation sites excluding steroid dienone is 1. The van der Waals surface area contributed by atoms with E-state index in [1.807, 2.05) is 13.8 Å². The molecular weight excluding hydrogens is 546 g/mol. The highest BCUT2D eigenvalue weighted by molar-refractivity contribution is 7.92. The van der Waals surface area contributed by atoms with Crippen molar-refractivity contribution in [3.63, 3.8) is 0 Å². The van der Waals surface area contributed by atoms with Gasteiger partial charge < -0.3 is 0 Å². The lowest BCUT2D eigenvalue weighted by Crippen LogP contribution is -2.44. The number of anilines is 1. The van der Waals surface area contributed by atoms with E-state index in [1.165, 1.54) is 22.8 Å². The Labute approximate surface area is 230 Å². The van der Waals surface area contributed by atoms with E-state index in [-0.39, 0.29) is 17.9 Å². The Morgan fingerprint density at radius 2 is 1.42 bits per heavy atom. The summed E-state index contributed by atoms with van der Waals surface area (Å²) in [6, 6.07) is 22.2. The molecule has 1 aromatic heterocycles. The second-order valence-corrected chi connectivity index (χ2v) is 12.0. The van der Waals surface area contributed by atoms with Crippen LogP contribution >= 0.6 is 23.2 Å². The molecule has 0 spiro atoms. The van der Waals surface area contributed by atoms with Gasteiger partial charge >= 0.3 is 0 Å². The minimum absolute atomic E-state index is 0.119. The van der Waals surface area contributed by atoms with Gasteiger partial charge in [0, 0.05) is 15.6 Å². The number of benzene rings is 3. The Hall–Kier alpha value is -3.39. The Morgan fingerprint density at radius 3 is 1.95 bits per heavy atom. The monoisotopic (exact) mass is 568 g/mol. The van der Waals surface area contributed by atoms with Gasteiger partial charge in [-0.05, 0) is 73.5 Å². The van der Waals surface area contributed by atoms with Crippen molar-refractivity contribution in [2.75, 3.05) is 10.8 Å². The fourth-order valence-electron chi connectivity index (χ4n) is 4.93. The zero-order valence-electron chi connectivity index (χ0n) is 20.5. The summed E-state index contributed by atoms with van der Waals surface area (Å²) < 4.78 is 45.3. The van der Waals surface area contributed by atoms with Crippen molar-refractivity contribution in [3.8, 4) is 0 Å². The number of rotatable bonds is 5. The largest absolute Gasteiger partial charge is 0.277 e. The van der Waals surface area contributed by atoms with Crippen molar-refractivity contribution in [1.82, 2.24) is 4.57 Å². The number of fused-ring (bicyclic) bond motifs is 1. The van der Waals surface area contributed by atoms with Crippen LogP contribution in [0, 0.1) is 5.82 Å². The summed E-state index contributed by atoms with van der Waals surface area (Å²) >= 11 is 12.4. The third-order valence-electron chi connectivity index (χ3n) is 6.59.